The smallest absolute Gasteiger partial charge is 0.191 e. The highest BCUT2D eigenvalue weighted by Gasteiger charge is 2.00. The number of methoxy groups -OCH3 is 1. The van der Waals surface area contributed by atoms with E-state index in [9.17, 15) is 4.39 Å². The Kier molecular flexibility index (Phi) is 7.56. The van der Waals surface area contributed by atoms with Gasteiger partial charge in [0.2, 0.25) is 0 Å². The van der Waals surface area contributed by atoms with Gasteiger partial charge in [0, 0.05) is 19.7 Å². The Morgan fingerprint density at radius 1 is 1.04 bits per heavy atom. The standard InChI is InChI=1S/C19H24FN3O2/c1-21-19(22-11-10-15-6-8-16(20)9-7-15)23-12-13-25-18-5-3-4-17(14-18)24-2/h3-9,14H,10-13H2,1-2H3,(H2,21,22,23). The van der Waals surface area contributed by atoms with Crippen LogP contribution < -0.4 is 20.1 Å². The second-order valence-corrected chi connectivity index (χ2v) is 5.33. The van der Waals surface area contributed by atoms with Crippen molar-refractivity contribution < 1.29 is 13.9 Å². The quantitative estimate of drug-likeness (QED) is 0.439. The third-order valence-corrected chi connectivity index (χ3v) is 3.55. The predicted molar refractivity (Wildman–Crippen MR) is 98.0 cm³/mol. The predicted octanol–water partition coefficient (Wildman–Crippen LogP) is 2.62. The fourth-order valence-electron chi connectivity index (χ4n) is 2.23. The lowest BCUT2D eigenvalue weighted by atomic mass is 10.1. The van der Waals surface area contributed by atoms with Crippen LogP contribution in [0.15, 0.2) is 53.5 Å². The van der Waals surface area contributed by atoms with Gasteiger partial charge in [0.05, 0.1) is 13.7 Å². The van der Waals surface area contributed by atoms with E-state index in [2.05, 4.69) is 15.6 Å². The molecule has 0 spiro atoms. The average molecular weight is 345 g/mol. The van der Waals surface area contributed by atoms with Crippen LogP contribution in [0.2, 0.25) is 0 Å². The van der Waals surface area contributed by atoms with E-state index in [0.29, 0.717) is 25.7 Å². The Bertz CT molecular complexity index is 675. The molecule has 0 saturated heterocycles. The van der Waals surface area contributed by atoms with Crippen LogP contribution in [0.4, 0.5) is 4.39 Å². The van der Waals surface area contributed by atoms with Gasteiger partial charge in [-0.1, -0.05) is 18.2 Å². The van der Waals surface area contributed by atoms with Gasteiger partial charge < -0.3 is 20.1 Å². The Hall–Kier alpha value is -2.76. The molecule has 0 bridgehead atoms. The van der Waals surface area contributed by atoms with Crippen molar-refractivity contribution in [2.75, 3.05) is 33.9 Å². The van der Waals surface area contributed by atoms with Gasteiger partial charge in [-0.15, -0.1) is 0 Å². The maximum Gasteiger partial charge on any atom is 0.191 e. The highest BCUT2D eigenvalue weighted by atomic mass is 19.1. The van der Waals surface area contributed by atoms with E-state index >= 15 is 0 Å². The summed E-state index contributed by atoms with van der Waals surface area (Å²) in [7, 11) is 3.35. The Balaban J connectivity index is 1.65. The first-order valence-corrected chi connectivity index (χ1v) is 8.17. The molecule has 0 aliphatic carbocycles. The van der Waals surface area contributed by atoms with E-state index < -0.39 is 0 Å². The second-order valence-electron chi connectivity index (χ2n) is 5.33. The topological polar surface area (TPSA) is 54.9 Å². The monoisotopic (exact) mass is 345 g/mol. The highest BCUT2D eigenvalue weighted by Crippen LogP contribution is 2.18. The van der Waals surface area contributed by atoms with Gasteiger partial charge in [-0.25, -0.2) is 4.39 Å². The first-order valence-electron chi connectivity index (χ1n) is 8.17. The third kappa shape index (κ3) is 6.71. The molecule has 2 aromatic carbocycles. The number of aliphatic imine (C=N–C) groups is 1. The van der Waals surface area contributed by atoms with Crippen molar-refractivity contribution in [2.45, 2.75) is 6.42 Å². The first-order chi connectivity index (χ1) is 12.2. The number of guanidine groups is 1. The lowest BCUT2D eigenvalue weighted by Gasteiger charge is -2.13. The summed E-state index contributed by atoms with van der Waals surface area (Å²) in [5, 5.41) is 6.41. The molecule has 0 aliphatic heterocycles. The average Bonchev–Trinajstić information content (AvgIpc) is 2.65. The van der Waals surface area contributed by atoms with Crippen molar-refractivity contribution in [2.24, 2.45) is 4.99 Å². The number of halogens is 1. The fraction of sp³-hybridized carbons (Fsp3) is 0.316. The van der Waals surface area contributed by atoms with Crippen molar-refractivity contribution in [1.29, 1.82) is 0 Å². The summed E-state index contributed by atoms with van der Waals surface area (Å²) in [6.07, 6.45) is 0.793. The number of ether oxygens (including phenoxy) is 2. The molecule has 2 aromatic rings. The first kappa shape index (κ1) is 18.6. The SMILES string of the molecule is CN=C(NCCOc1cccc(OC)c1)NCCc1ccc(F)cc1. The molecule has 2 N–H and O–H groups in total. The molecule has 134 valence electrons. The van der Waals surface area contributed by atoms with E-state index in [1.807, 2.05) is 24.3 Å². The summed E-state index contributed by atoms with van der Waals surface area (Å²) in [5.74, 6) is 2.02. The van der Waals surface area contributed by atoms with Gasteiger partial charge in [-0.3, -0.25) is 4.99 Å². The van der Waals surface area contributed by atoms with Crippen LogP contribution in [0.5, 0.6) is 11.5 Å². The van der Waals surface area contributed by atoms with Crippen LogP contribution in [0, 0.1) is 5.82 Å². The molecule has 6 heteroatoms. The summed E-state index contributed by atoms with van der Waals surface area (Å²) in [4.78, 5) is 4.16. The molecule has 5 nitrogen and oxygen atoms in total. The number of rotatable bonds is 8. The molecule has 0 aromatic heterocycles. The lowest BCUT2D eigenvalue weighted by Crippen LogP contribution is -2.40. The zero-order valence-corrected chi connectivity index (χ0v) is 14.6. The van der Waals surface area contributed by atoms with E-state index in [-0.39, 0.29) is 5.82 Å². The summed E-state index contributed by atoms with van der Waals surface area (Å²) in [5.41, 5.74) is 1.07. The largest absolute Gasteiger partial charge is 0.497 e. The minimum Gasteiger partial charge on any atom is -0.497 e. The number of hydrogen-bond donors (Lipinski definition) is 2. The minimum atomic E-state index is -0.217. The van der Waals surface area contributed by atoms with Crippen molar-refractivity contribution in [1.82, 2.24) is 10.6 Å². The van der Waals surface area contributed by atoms with Crippen LogP contribution in [0.3, 0.4) is 0 Å². The van der Waals surface area contributed by atoms with Crippen molar-refractivity contribution >= 4 is 5.96 Å². The Morgan fingerprint density at radius 3 is 2.48 bits per heavy atom. The van der Waals surface area contributed by atoms with Gasteiger partial charge >= 0.3 is 0 Å². The van der Waals surface area contributed by atoms with E-state index in [1.54, 1.807) is 26.3 Å². The maximum atomic E-state index is 12.9. The van der Waals surface area contributed by atoms with Crippen LogP contribution in [0.1, 0.15) is 5.56 Å². The number of hydrogen-bond acceptors (Lipinski definition) is 3. The van der Waals surface area contributed by atoms with E-state index in [0.717, 1.165) is 23.5 Å². The zero-order valence-electron chi connectivity index (χ0n) is 14.6. The van der Waals surface area contributed by atoms with E-state index in [1.165, 1.54) is 12.1 Å². The van der Waals surface area contributed by atoms with Gasteiger partial charge in [-0.2, -0.15) is 0 Å². The van der Waals surface area contributed by atoms with Gasteiger partial charge in [0.15, 0.2) is 5.96 Å². The minimum absolute atomic E-state index is 0.217. The summed E-state index contributed by atoms with van der Waals surface area (Å²) in [6, 6.07) is 14.0. The summed E-state index contributed by atoms with van der Waals surface area (Å²) < 4.78 is 23.7. The Morgan fingerprint density at radius 2 is 1.76 bits per heavy atom. The Labute approximate surface area is 147 Å². The lowest BCUT2D eigenvalue weighted by molar-refractivity contribution is 0.319. The van der Waals surface area contributed by atoms with Gasteiger partial charge in [0.1, 0.15) is 23.9 Å². The number of nitrogens with zero attached hydrogens (tertiary/aromatic N) is 1. The van der Waals surface area contributed by atoms with Gasteiger partial charge in [-0.05, 0) is 36.2 Å². The van der Waals surface area contributed by atoms with E-state index in [4.69, 9.17) is 9.47 Å². The van der Waals surface area contributed by atoms with Crippen molar-refractivity contribution in [3.05, 3.63) is 59.9 Å². The molecule has 0 amide bonds. The number of nitrogens with one attached hydrogen (secondary N) is 2. The normalized spacial score (nSPS) is 11.1. The van der Waals surface area contributed by atoms with Crippen LogP contribution in [-0.4, -0.2) is 39.8 Å². The van der Waals surface area contributed by atoms with Crippen LogP contribution >= 0.6 is 0 Å². The fourth-order valence-corrected chi connectivity index (χ4v) is 2.23. The number of benzene rings is 2. The maximum absolute atomic E-state index is 12.9. The summed E-state index contributed by atoms with van der Waals surface area (Å²) in [6.45, 7) is 1.83. The van der Waals surface area contributed by atoms with Crippen molar-refractivity contribution in [3.8, 4) is 11.5 Å². The van der Waals surface area contributed by atoms with Crippen LogP contribution in [0.25, 0.3) is 0 Å². The molecule has 2 rings (SSSR count). The zero-order chi connectivity index (χ0) is 17.9. The van der Waals surface area contributed by atoms with Crippen molar-refractivity contribution in [3.63, 3.8) is 0 Å². The highest BCUT2D eigenvalue weighted by molar-refractivity contribution is 5.79. The molecule has 0 aliphatic rings. The molecule has 0 radical (unpaired) electrons. The molecule has 25 heavy (non-hydrogen) atoms. The van der Waals surface area contributed by atoms with Crippen LogP contribution in [-0.2, 0) is 6.42 Å². The van der Waals surface area contributed by atoms with Gasteiger partial charge in [0.25, 0.3) is 0 Å². The second kappa shape index (κ2) is 10.2. The molecule has 0 fully saturated rings. The molecule has 0 atom stereocenters. The third-order valence-electron chi connectivity index (χ3n) is 3.55. The molecular formula is C19H24FN3O2. The molecular weight excluding hydrogens is 321 g/mol. The molecule has 0 saturated carbocycles. The molecule has 0 unspecified atom stereocenters. The summed E-state index contributed by atoms with van der Waals surface area (Å²) >= 11 is 0. The molecule has 0 heterocycles.